The van der Waals surface area contributed by atoms with Gasteiger partial charge in [0.15, 0.2) is 5.96 Å². The van der Waals surface area contributed by atoms with Crippen LogP contribution in [0.4, 0.5) is 5.95 Å². The van der Waals surface area contributed by atoms with Crippen molar-refractivity contribution >= 4 is 11.9 Å². The van der Waals surface area contributed by atoms with Gasteiger partial charge in [-0.25, -0.2) is 9.97 Å². The highest BCUT2D eigenvalue weighted by Gasteiger charge is 2.20. The molecule has 0 amide bonds. The topological polar surface area (TPSA) is 87.4 Å². The van der Waals surface area contributed by atoms with Crippen LogP contribution < -0.4 is 10.2 Å². The van der Waals surface area contributed by atoms with Crippen LogP contribution in [0, 0.1) is 0 Å². The standard InChI is InChI=1S/C16H25N9/c1-17-15(18-5-2-3-8-23-13-21-22-14-23)24-9-11-25(12-10-24)16-19-6-4-7-20-16/h4,6-7,13-14H,2-3,5,8-12H2,1H3,(H,17,18). The molecule has 25 heavy (non-hydrogen) atoms. The highest BCUT2D eigenvalue weighted by molar-refractivity contribution is 5.80. The molecular weight excluding hydrogens is 318 g/mol. The second-order valence-corrected chi connectivity index (χ2v) is 5.90. The Kier molecular flexibility index (Phi) is 6.13. The largest absolute Gasteiger partial charge is 0.356 e. The van der Waals surface area contributed by atoms with E-state index < -0.39 is 0 Å². The molecule has 0 aromatic carbocycles. The fourth-order valence-electron chi connectivity index (χ4n) is 2.86. The molecule has 9 nitrogen and oxygen atoms in total. The van der Waals surface area contributed by atoms with Crippen molar-refractivity contribution in [2.75, 3.05) is 44.7 Å². The molecule has 1 aliphatic heterocycles. The number of guanidine groups is 1. The smallest absolute Gasteiger partial charge is 0.225 e. The van der Waals surface area contributed by atoms with Crippen LogP contribution in [0.1, 0.15) is 12.8 Å². The van der Waals surface area contributed by atoms with Crippen LogP contribution >= 0.6 is 0 Å². The number of unbranched alkanes of at least 4 members (excludes halogenated alkanes) is 1. The van der Waals surface area contributed by atoms with Gasteiger partial charge in [0.05, 0.1) is 0 Å². The van der Waals surface area contributed by atoms with Crippen molar-refractivity contribution < 1.29 is 0 Å². The van der Waals surface area contributed by atoms with Crippen LogP contribution in [0.5, 0.6) is 0 Å². The fraction of sp³-hybridized carbons (Fsp3) is 0.562. The van der Waals surface area contributed by atoms with E-state index in [2.05, 4.69) is 40.3 Å². The molecule has 0 saturated carbocycles. The number of aromatic nitrogens is 5. The average Bonchev–Trinajstić information content (AvgIpc) is 3.19. The van der Waals surface area contributed by atoms with Crippen molar-refractivity contribution in [2.24, 2.45) is 4.99 Å². The number of aryl methyl sites for hydroxylation is 1. The second kappa shape index (κ2) is 8.95. The molecule has 2 aromatic rings. The zero-order valence-corrected chi connectivity index (χ0v) is 14.6. The van der Waals surface area contributed by atoms with E-state index >= 15 is 0 Å². The minimum Gasteiger partial charge on any atom is -0.356 e. The lowest BCUT2D eigenvalue weighted by atomic mass is 10.3. The summed E-state index contributed by atoms with van der Waals surface area (Å²) in [5.41, 5.74) is 0. The van der Waals surface area contributed by atoms with Crippen LogP contribution in [-0.4, -0.2) is 75.4 Å². The summed E-state index contributed by atoms with van der Waals surface area (Å²) in [6, 6.07) is 1.84. The Labute approximate surface area is 147 Å². The Bertz CT molecular complexity index is 633. The van der Waals surface area contributed by atoms with Crippen molar-refractivity contribution in [2.45, 2.75) is 19.4 Å². The Morgan fingerprint density at radius 3 is 2.48 bits per heavy atom. The van der Waals surface area contributed by atoms with Gasteiger partial charge >= 0.3 is 0 Å². The summed E-state index contributed by atoms with van der Waals surface area (Å²) >= 11 is 0. The van der Waals surface area contributed by atoms with E-state index in [0.717, 1.165) is 64.0 Å². The SMILES string of the molecule is CN=C(NCCCCn1cnnc1)N1CCN(c2ncccn2)CC1. The lowest BCUT2D eigenvalue weighted by molar-refractivity contribution is 0.369. The zero-order valence-electron chi connectivity index (χ0n) is 14.6. The normalized spacial score (nSPS) is 15.5. The van der Waals surface area contributed by atoms with Gasteiger partial charge in [0, 0.05) is 58.7 Å². The minimum absolute atomic E-state index is 0.805. The van der Waals surface area contributed by atoms with Gasteiger partial charge in [-0.15, -0.1) is 10.2 Å². The van der Waals surface area contributed by atoms with E-state index in [-0.39, 0.29) is 0 Å². The number of rotatable bonds is 6. The van der Waals surface area contributed by atoms with Crippen molar-refractivity contribution in [3.05, 3.63) is 31.1 Å². The van der Waals surface area contributed by atoms with E-state index in [1.165, 1.54) is 0 Å². The van der Waals surface area contributed by atoms with Gasteiger partial charge in [0.1, 0.15) is 12.7 Å². The molecule has 3 heterocycles. The Balaban J connectivity index is 1.37. The highest BCUT2D eigenvalue weighted by atomic mass is 15.4. The summed E-state index contributed by atoms with van der Waals surface area (Å²) in [6.07, 6.45) is 9.24. The van der Waals surface area contributed by atoms with Crippen LogP contribution in [0.15, 0.2) is 36.1 Å². The van der Waals surface area contributed by atoms with E-state index in [1.807, 2.05) is 17.7 Å². The van der Waals surface area contributed by atoms with Crippen molar-refractivity contribution in [3.8, 4) is 0 Å². The summed E-state index contributed by atoms with van der Waals surface area (Å²) in [5, 5.41) is 11.1. The summed E-state index contributed by atoms with van der Waals surface area (Å²) in [7, 11) is 1.84. The van der Waals surface area contributed by atoms with Crippen LogP contribution in [0.3, 0.4) is 0 Å². The predicted octanol–water partition coefficient (Wildman–Crippen LogP) is 0.246. The molecule has 0 atom stereocenters. The first-order valence-electron chi connectivity index (χ1n) is 8.67. The molecule has 9 heteroatoms. The van der Waals surface area contributed by atoms with E-state index in [1.54, 1.807) is 25.0 Å². The second-order valence-electron chi connectivity index (χ2n) is 5.90. The van der Waals surface area contributed by atoms with E-state index in [0.29, 0.717) is 0 Å². The molecule has 0 aliphatic carbocycles. The molecule has 0 spiro atoms. The zero-order chi connectivity index (χ0) is 17.3. The molecule has 0 unspecified atom stereocenters. The van der Waals surface area contributed by atoms with Gasteiger partial charge < -0.3 is 19.7 Å². The van der Waals surface area contributed by atoms with Gasteiger partial charge in [0.25, 0.3) is 0 Å². The molecule has 0 radical (unpaired) electrons. The van der Waals surface area contributed by atoms with E-state index in [9.17, 15) is 0 Å². The number of nitrogens with zero attached hydrogens (tertiary/aromatic N) is 8. The van der Waals surface area contributed by atoms with Crippen LogP contribution in [-0.2, 0) is 6.54 Å². The van der Waals surface area contributed by atoms with Crippen molar-refractivity contribution in [1.82, 2.24) is 34.9 Å². The molecule has 1 N–H and O–H groups in total. The molecular formula is C16H25N9. The number of aliphatic imine (C=N–C) groups is 1. The average molecular weight is 343 g/mol. The first kappa shape index (κ1) is 17.1. The summed E-state index contributed by atoms with van der Waals surface area (Å²) in [4.78, 5) is 17.6. The van der Waals surface area contributed by atoms with Crippen LogP contribution in [0.25, 0.3) is 0 Å². The Morgan fingerprint density at radius 1 is 1.08 bits per heavy atom. The molecule has 134 valence electrons. The predicted molar refractivity (Wildman–Crippen MR) is 96.4 cm³/mol. The third-order valence-electron chi connectivity index (χ3n) is 4.22. The van der Waals surface area contributed by atoms with Gasteiger partial charge in [-0.3, -0.25) is 4.99 Å². The summed E-state index contributed by atoms with van der Waals surface area (Å²) in [6.45, 7) is 5.49. The lowest BCUT2D eigenvalue weighted by Crippen LogP contribution is -2.53. The number of anilines is 1. The van der Waals surface area contributed by atoms with Gasteiger partial charge in [-0.2, -0.15) is 0 Å². The summed E-state index contributed by atoms with van der Waals surface area (Å²) in [5.74, 6) is 1.78. The first-order valence-corrected chi connectivity index (χ1v) is 8.67. The first-order chi connectivity index (χ1) is 12.4. The molecule has 2 aromatic heterocycles. The molecule has 1 fully saturated rings. The fourth-order valence-corrected chi connectivity index (χ4v) is 2.86. The lowest BCUT2D eigenvalue weighted by Gasteiger charge is -2.36. The maximum Gasteiger partial charge on any atom is 0.225 e. The van der Waals surface area contributed by atoms with Gasteiger partial charge in [-0.1, -0.05) is 0 Å². The molecule has 1 saturated heterocycles. The van der Waals surface area contributed by atoms with Gasteiger partial charge in [0.2, 0.25) is 5.95 Å². The minimum atomic E-state index is 0.805. The van der Waals surface area contributed by atoms with E-state index in [4.69, 9.17) is 0 Å². The molecule has 0 bridgehead atoms. The number of piperazine rings is 1. The maximum absolute atomic E-state index is 4.41. The van der Waals surface area contributed by atoms with Crippen LogP contribution in [0.2, 0.25) is 0 Å². The van der Waals surface area contributed by atoms with Gasteiger partial charge in [-0.05, 0) is 18.9 Å². The number of hydrogen-bond donors (Lipinski definition) is 1. The number of nitrogens with one attached hydrogen (secondary N) is 1. The number of hydrogen-bond acceptors (Lipinski definition) is 6. The Morgan fingerprint density at radius 2 is 1.80 bits per heavy atom. The monoisotopic (exact) mass is 343 g/mol. The molecule has 1 aliphatic rings. The third kappa shape index (κ3) is 4.88. The maximum atomic E-state index is 4.41. The summed E-state index contributed by atoms with van der Waals surface area (Å²) < 4.78 is 2.00. The quantitative estimate of drug-likeness (QED) is 0.457. The third-order valence-corrected chi connectivity index (χ3v) is 4.22. The molecule has 3 rings (SSSR count). The highest BCUT2D eigenvalue weighted by Crippen LogP contribution is 2.09. The van der Waals surface area contributed by atoms with Crippen molar-refractivity contribution in [3.63, 3.8) is 0 Å². The van der Waals surface area contributed by atoms with Crippen molar-refractivity contribution in [1.29, 1.82) is 0 Å². The Hall–Kier alpha value is -2.71.